The van der Waals surface area contributed by atoms with Gasteiger partial charge in [0.15, 0.2) is 11.9 Å². The van der Waals surface area contributed by atoms with Crippen molar-refractivity contribution < 1.29 is 23.6 Å². The molecule has 0 saturated carbocycles. The van der Waals surface area contributed by atoms with Crippen LogP contribution in [0, 0.1) is 0 Å². The van der Waals surface area contributed by atoms with Gasteiger partial charge < -0.3 is 14.0 Å². The Labute approximate surface area is 156 Å². The van der Waals surface area contributed by atoms with E-state index in [4.69, 9.17) is 25.6 Å². The zero-order valence-corrected chi connectivity index (χ0v) is 15.8. The molecule has 0 aliphatic carbocycles. The van der Waals surface area contributed by atoms with Crippen molar-refractivity contribution in [3.63, 3.8) is 0 Å². The van der Waals surface area contributed by atoms with E-state index in [9.17, 15) is 9.59 Å². The smallest absolute Gasteiger partial charge is 0.338 e. The van der Waals surface area contributed by atoms with Gasteiger partial charge in [0, 0.05) is 18.6 Å². The summed E-state index contributed by atoms with van der Waals surface area (Å²) in [5.74, 6) is -1.15. The fourth-order valence-corrected chi connectivity index (χ4v) is 2.36. The summed E-state index contributed by atoms with van der Waals surface area (Å²) in [6, 6.07) is 8.63. The maximum Gasteiger partial charge on any atom is 0.338 e. The van der Waals surface area contributed by atoms with E-state index in [1.807, 2.05) is 0 Å². The molecule has 1 heterocycles. The van der Waals surface area contributed by atoms with Gasteiger partial charge in [-0.3, -0.25) is 4.79 Å². The number of ether oxygens (including phenoxy) is 2. The van der Waals surface area contributed by atoms with Crippen molar-refractivity contribution in [2.45, 2.75) is 39.4 Å². The molecule has 1 aromatic carbocycles. The zero-order chi connectivity index (χ0) is 19.5. The molecule has 0 fully saturated rings. The molecule has 26 heavy (non-hydrogen) atoms. The van der Waals surface area contributed by atoms with Crippen molar-refractivity contribution in [2.24, 2.45) is 0 Å². The Balaban J connectivity index is 2.33. The van der Waals surface area contributed by atoms with Crippen molar-refractivity contribution in [3.8, 4) is 11.3 Å². The molecule has 7 heteroatoms. The van der Waals surface area contributed by atoms with Crippen LogP contribution in [0.15, 0.2) is 47.0 Å². The molecule has 0 bridgehead atoms. The molecule has 1 unspecified atom stereocenters. The number of carbonyl (C=O) groups excluding carboxylic acids is 2. The Kier molecular flexibility index (Phi) is 5.87. The standard InChI is InChI=1S/C19H20ClNO5/c1-11(18(23)25-19(3,4)5)17(24-12(2)22)16-10-15(21-26-16)13-8-6-7-9-14(13)20/h6-10,17H,1H2,2-5H3. The van der Waals surface area contributed by atoms with E-state index in [2.05, 4.69) is 11.7 Å². The Morgan fingerprint density at radius 3 is 2.50 bits per heavy atom. The first-order valence-corrected chi connectivity index (χ1v) is 8.27. The van der Waals surface area contributed by atoms with Crippen LogP contribution in [0.5, 0.6) is 0 Å². The summed E-state index contributed by atoms with van der Waals surface area (Å²) >= 11 is 6.16. The second-order valence-electron chi connectivity index (χ2n) is 6.61. The number of halogens is 1. The van der Waals surface area contributed by atoms with Crippen molar-refractivity contribution in [1.29, 1.82) is 0 Å². The minimum Gasteiger partial charge on any atom is -0.457 e. The molecule has 0 aliphatic rings. The fraction of sp³-hybridized carbons (Fsp3) is 0.316. The minimum atomic E-state index is -1.15. The van der Waals surface area contributed by atoms with Gasteiger partial charge in [-0.15, -0.1) is 0 Å². The molecule has 0 saturated heterocycles. The Morgan fingerprint density at radius 2 is 1.92 bits per heavy atom. The van der Waals surface area contributed by atoms with Gasteiger partial charge in [0.05, 0.1) is 10.6 Å². The van der Waals surface area contributed by atoms with E-state index in [1.165, 1.54) is 6.92 Å². The highest BCUT2D eigenvalue weighted by molar-refractivity contribution is 6.33. The average molecular weight is 378 g/mol. The van der Waals surface area contributed by atoms with Gasteiger partial charge in [-0.1, -0.05) is 41.5 Å². The molecular formula is C19H20ClNO5. The lowest BCUT2D eigenvalue weighted by Gasteiger charge is -2.22. The highest BCUT2D eigenvalue weighted by Gasteiger charge is 2.31. The van der Waals surface area contributed by atoms with Gasteiger partial charge in [0.2, 0.25) is 0 Å². The number of benzene rings is 1. The summed E-state index contributed by atoms with van der Waals surface area (Å²) in [6.45, 7) is 10.1. The monoisotopic (exact) mass is 377 g/mol. The van der Waals surface area contributed by atoms with Crippen molar-refractivity contribution in [3.05, 3.63) is 53.3 Å². The third kappa shape index (κ3) is 4.95. The largest absolute Gasteiger partial charge is 0.457 e. The minimum absolute atomic E-state index is 0.0722. The maximum atomic E-state index is 12.3. The Morgan fingerprint density at radius 1 is 1.27 bits per heavy atom. The lowest BCUT2D eigenvalue weighted by Crippen LogP contribution is -2.27. The molecule has 1 atom stereocenters. The van der Waals surface area contributed by atoms with Crippen LogP contribution in [0.3, 0.4) is 0 Å². The topological polar surface area (TPSA) is 78.6 Å². The molecule has 0 radical (unpaired) electrons. The van der Waals surface area contributed by atoms with Crippen LogP contribution in [0.25, 0.3) is 11.3 Å². The highest BCUT2D eigenvalue weighted by atomic mass is 35.5. The normalized spacial score (nSPS) is 12.3. The molecule has 2 rings (SSSR count). The average Bonchev–Trinajstić information content (AvgIpc) is 3.00. The Hall–Kier alpha value is -2.60. The summed E-state index contributed by atoms with van der Waals surface area (Å²) in [5, 5.41) is 4.44. The van der Waals surface area contributed by atoms with Gasteiger partial charge in [-0.2, -0.15) is 0 Å². The predicted molar refractivity (Wildman–Crippen MR) is 96.4 cm³/mol. The number of carbonyl (C=O) groups is 2. The number of hydrogen-bond donors (Lipinski definition) is 0. The fourth-order valence-electron chi connectivity index (χ4n) is 2.13. The van der Waals surface area contributed by atoms with E-state index < -0.39 is 23.6 Å². The van der Waals surface area contributed by atoms with Gasteiger partial charge >= 0.3 is 11.9 Å². The summed E-state index contributed by atoms with van der Waals surface area (Å²) in [6.07, 6.45) is -1.15. The van der Waals surface area contributed by atoms with Crippen LogP contribution in [0.1, 0.15) is 39.6 Å². The van der Waals surface area contributed by atoms with E-state index in [-0.39, 0.29) is 11.3 Å². The molecule has 138 valence electrons. The number of aromatic nitrogens is 1. The molecule has 0 aliphatic heterocycles. The molecular weight excluding hydrogens is 358 g/mol. The van der Waals surface area contributed by atoms with Gasteiger partial charge in [-0.25, -0.2) is 4.79 Å². The highest BCUT2D eigenvalue weighted by Crippen LogP contribution is 2.32. The van der Waals surface area contributed by atoms with Crippen LogP contribution in [0.4, 0.5) is 0 Å². The first-order chi connectivity index (χ1) is 12.1. The summed E-state index contributed by atoms with van der Waals surface area (Å²) in [5.41, 5.74) is 0.302. The van der Waals surface area contributed by atoms with E-state index in [0.717, 1.165) is 0 Å². The van der Waals surface area contributed by atoms with Crippen LogP contribution in [-0.4, -0.2) is 22.7 Å². The van der Waals surface area contributed by atoms with Gasteiger partial charge in [0.1, 0.15) is 11.3 Å². The summed E-state index contributed by atoms with van der Waals surface area (Å²) < 4.78 is 15.8. The van der Waals surface area contributed by atoms with Crippen LogP contribution in [0.2, 0.25) is 5.02 Å². The molecule has 1 aromatic heterocycles. The van der Waals surface area contributed by atoms with Crippen molar-refractivity contribution in [2.75, 3.05) is 0 Å². The predicted octanol–water partition coefficient (Wildman–Crippen LogP) is 4.50. The number of hydrogen-bond acceptors (Lipinski definition) is 6. The first kappa shape index (κ1) is 19.7. The molecule has 2 aromatic rings. The van der Waals surface area contributed by atoms with Crippen LogP contribution >= 0.6 is 11.6 Å². The quantitative estimate of drug-likeness (QED) is 0.564. The third-order valence-corrected chi connectivity index (χ3v) is 3.53. The molecule has 0 spiro atoms. The second-order valence-corrected chi connectivity index (χ2v) is 7.02. The van der Waals surface area contributed by atoms with Crippen molar-refractivity contribution in [1.82, 2.24) is 5.16 Å². The van der Waals surface area contributed by atoms with Gasteiger partial charge in [0.25, 0.3) is 0 Å². The van der Waals surface area contributed by atoms with Crippen LogP contribution in [-0.2, 0) is 19.1 Å². The van der Waals surface area contributed by atoms with Crippen molar-refractivity contribution >= 4 is 23.5 Å². The number of nitrogens with zero attached hydrogens (tertiary/aromatic N) is 1. The first-order valence-electron chi connectivity index (χ1n) is 7.89. The van der Waals surface area contributed by atoms with E-state index in [1.54, 1.807) is 51.1 Å². The molecule has 0 N–H and O–H groups in total. The second kappa shape index (κ2) is 7.74. The third-order valence-electron chi connectivity index (χ3n) is 3.20. The zero-order valence-electron chi connectivity index (χ0n) is 15.0. The molecule has 6 nitrogen and oxygen atoms in total. The van der Waals surface area contributed by atoms with E-state index in [0.29, 0.717) is 16.3 Å². The summed E-state index contributed by atoms with van der Waals surface area (Å²) in [7, 11) is 0. The van der Waals surface area contributed by atoms with E-state index >= 15 is 0 Å². The maximum absolute atomic E-state index is 12.3. The SMILES string of the molecule is C=C(C(=O)OC(C)(C)C)C(OC(C)=O)c1cc(-c2ccccc2Cl)no1. The Bertz CT molecular complexity index is 834. The number of rotatable bonds is 5. The van der Waals surface area contributed by atoms with Crippen LogP contribution < -0.4 is 0 Å². The number of esters is 2. The summed E-state index contributed by atoms with van der Waals surface area (Å²) in [4.78, 5) is 23.8. The lowest BCUT2D eigenvalue weighted by molar-refractivity contribution is -0.154. The molecule has 0 amide bonds. The lowest BCUT2D eigenvalue weighted by atomic mass is 10.1. The van der Waals surface area contributed by atoms with Gasteiger partial charge in [-0.05, 0) is 26.8 Å².